The predicted octanol–water partition coefficient (Wildman–Crippen LogP) is 2.20. The van der Waals surface area contributed by atoms with Gasteiger partial charge in [0.15, 0.2) is 6.10 Å². The van der Waals surface area contributed by atoms with E-state index in [-0.39, 0.29) is 0 Å². The zero-order chi connectivity index (χ0) is 18.2. The van der Waals surface area contributed by atoms with Crippen LogP contribution in [0.3, 0.4) is 0 Å². The van der Waals surface area contributed by atoms with Crippen molar-refractivity contribution in [1.29, 1.82) is 0 Å². The molecule has 0 saturated heterocycles. The summed E-state index contributed by atoms with van der Waals surface area (Å²) in [6.07, 6.45) is -0.866. The van der Waals surface area contributed by atoms with Crippen LogP contribution in [0.5, 0.6) is 5.75 Å². The van der Waals surface area contributed by atoms with Gasteiger partial charge in [-0.15, -0.1) is 0 Å². The van der Waals surface area contributed by atoms with E-state index in [1.165, 1.54) is 31.2 Å². The van der Waals surface area contributed by atoms with E-state index in [2.05, 4.69) is 10.9 Å². The summed E-state index contributed by atoms with van der Waals surface area (Å²) in [6, 6.07) is 12.1. The molecule has 132 valence electrons. The van der Waals surface area contributed by atoms with E-state index >= 15 is 0 Å². The van der Waals surface area contributed by atoms with Crippen LogP contribution in [0, 0.1) is 5.82 Å². The van der Waals surface area contributed by atoms with Gasteiger partial charge in [0, 0.05) is 12.7 Å². The van der Waals surface area contributed by atoms with E-state index in [0.717, 1.165) is 5.56 Å². The number of benzene rings is 2. The van der Waals surface area contributed by atoms with Gasteiger partial charge >= 0.3 is 0 Å². The van der Waals surface area contributed by atoms with Crippen molar-refractivity contribution in [3.05, 3.63) is 65.5 Å². The third kappa shape index (κ3) is 5.58. The van der Waals surface area contributed by atoms with Crippen LogP contribution in [0.2, 0.25) is 0 Å². The Hall–Kier alpha value is -2.93. The summed E-state index contributed by atoms with van der Waals surface area (Å²) in [5, 5.41) is 0. The fraction of sp³-hybridized carbons (Fsp3) is 0.222. The van der Waals surface area contributed by atoms with Crippen molar-refractivity contribution in [1.82, 2.24) is 10.9 Å². The SMILES string of the molecule is COCc1ccc(C(=O)NNC(=O)[C@H](C)Oc2ccc(F)cc2)cc1. The summed E-state index contributed by atoms with van der Waals surface area (Å²) in [5.74, 6) is -1.03. The molecule has 0 spiro atoms. The molecule has 0 aliphatic rings. The lowest BCUT2D eigenvalue weighted by Gasteiger charge is -2.15. The largest absolute Gasteiger partial charge is 0.481 e. The van der Waals surface area contributed by atoms with Crippen molar-refractivity contribution in [2.24, 2.45) is 0 Å². The number of carbonyl (C=O) groups excluding carboxylic acids is 2. The van der Waals surface area contributed by atoms with Crippen LogP contribution in [0.25, 0.3) is 0 Å². The molecule has 0 heterocycles. The Morgan fingerprint density at radius 2 is 1.68 bits per heavy atom. The van der Waals surface area contributed by atoms with Gasteiger partial charge in [-0.2, -0.15) is 0 Å². The molecule has 0 aliphatic heterocycles. The first kappa shape index (κ1) is 18.4. The smallest absolute Gasteiger partial charge is 0.279 e. The molecular weight excluding hydrogens is 327 g/mol. The number of halogens is 1. The van der Waals surface area contributed by atoms with Gasteiger partial charge in [0.2, 0.25) is 0 Å². The van der Waals surface area contributed by atoms with Gasteiger partial charge in [-0.25, -0.2) is 4.39 Å². The minimum atomic E-state index is -0.866. The third-order valence-electron chi connectivity index (χ3n) is 3.32. The number of nitrogens with one attached hydrogen (secondary N) is 2. The van der Waals surface area contributed by atoms with Crippen LogP contribution in [0.1, 0.15) is 22.8 Å². The average molecular weight is 346 g/mol. The van der Waals surface area contributed by atoms with Gasteiger partial charge in [0.25, 0.3) is 11.8 Å². The summed E-state index contributed by atoms with van der Waals surface area (Å²) in [7, 11) is 1.59. The standard InChI is InChI=1S/C18H19FN2O4/c1-12(25-16-9-7-15(19)8-10-16)17(22)20-21-18(23)14-5-3-13(4-6-14)11-24-2/h3-10,12H,11H2,1-2H3,(H,20,22)(H,21,23)/t12-/m0/s1. The van der Waals surface area contributed by atoms with E-state index in [1.54, 1.807) is 31.4 Å². The second kappa shape index (κ2) is 8.79. The molecule has 2 aromatic carbocycles. The number of hydrogen-bond acceptors (Lipinski definition) is 4. The van der Waals surface area contributed by atoms with Crippen LogP contribution in [-0.2, 0) is 16.1 Å². The molecule has 0 bridgehead atoms. The summed E-state index contributed by atoms with van der Waals surface area (Å²) >= 11 is 0. The minimum absolute atomic E-state index is 0.351. The molecule has 2 amide bonds. The molecule has 6 nitrogen and oxygen atoms in total. The Kier molecular flexibility index (Phi) is 6.47. The van der Waals surface area contributed by atoms with Crippen molar-refractivity contribution in [3.63, 3.8) is 0 Å². The maximum absolute atomic E-state index is 12.8. The first-order valence-corrected chi connectivity index (χ1v) is 7.60. The van der Waals surface area contributed by atoms with Crippen molar-refractivity contribution in [2.75, 3.05) is 7.11 Å². The summed E-state index contributed by atoms with van der Waals surface area (Å²) in [4.78, 5) is 23.9. The number of hydrazine groups is 1. The first-order chi connectivity index (χ1) is 12.0. The molecule has 0 fully saturated rings. The summed E-state index contributed by atoms with van der Waals surface area (Å²) < 4.78 is 23.2. The van der Waals surface area contributed by atoms with Crippen molar-refractivity contribution >= 4 is 11.8 Å². The highest BCUT2D eigenvalue weighted by molar-refractivity contribution is 5.95. The van der Waals surface area contributed by atoms with E-state index < -0.39 is 23.7 Å². The summed E-state index contributed by atoms with van der Waals surface area (Å²) in [6.45, 7) is 1.97. The highest BCUT2D eigenvalue weighted by Gasteiger charge is 2.16. The predicted molar refractivity (Wildman–Crippen MR) is 89.3 cm³/mol. The minimum Gasteiger partial charge on any atom is -0.481 e. The molecule has 0 unspecified atom stereocenters. The van der Waals surface area contributed by atoms with Crippen molar-refractivity contribution in [2.45, 2.75) is 19.6 Å². The maximum Gasteiger partial charge on any atom is 0.279 e. The zero-order valence-corrected chi connectivity index (χ0v) is 13.9. The highest BCUT2D eigenvalue weighted by Crippen LogP contribution is 2.13. The van der Waals surface area contributed by atoms with Crippen LogP contribution < -0.4 is 15.6 Å². The molecule has 1 atom stereocenters. The van der Waals surface area contributed by atoms with Gasteiger partial charge in [-0.3, -0.25) is 20.4 Å². The Morgan fingerprint density at radius 1 is 1.04 bits per heavy atom. The zero-order valence-electron chi connectivity index (χ0n) is 13.9. The normalized spacial score (nSPS) is 11.5. The number of amides is 2. The van der Waals surface area contributed by atoms with E-state index in [1.807, 2.05) is 0 Å². The number of hydrogen-bond donors (Lipinski definition) is 2. The van der Waals surface area contributed by atoms with Crippen LogP contribution in [0.15, 0.2) is 48.5 Å². The average Bonchev–Trinajstić information content (AvgIpc) is 2.62. The van der Waals surface area contributed by atoms with Gasteiger partial charge in [-0.1, -0.05) is 12.1 Å². The molecule has 2 N–H and O–H groups in total. The maximum atomic E-state index is 12.8. The number of ether oxygens (including phenoxy) is 2. The van der Waals surface area contributed by atoms with Gasteiger partial charge in [0.05, 0.1) is 6.61 Å². The Labute approximate surface area is 144 Å². The van der Waals surface area contributed by atoms with Crippen molar-refractivity contribution < 1.29 is 23.5 Å². The number of rotatable bonds is 6. The van der Waals surface area contributed by atoms with Gasteiger partial charge in [-0.05, 0) is 48.9 Å². The third-order valence-corrected chi connectivity index (χ3v) is 3.32. The molecule has 0 radical (unpaired) electrons. The monoisotopic (exact) mass is 346 g/mol. The topological polar surface area (TPSA) is 76.7 Å². The lowest BCUT2D eigenvalue weighted by atomic mass is 10.1. The quantitative estimate of drug-likeness (QED) is 0.786. The lowest BCUT2D eigenvalue weighted by molar-refractivity contribution is -0.128. The fourth-order valence-corrected chi connectivity index (χ4v) is 1.98. The van der Waals surface area contributed by atoms with Crippen LogP contribution in [0.4, 0.5) is 4.39 Å². The second-order valence-electron chi connectivity index (χ2n) is 5.29. The van der Waals surface area contributed by atoms with E-state index in [4.69, 9.17) is 9.47 Å². The summed E-state index contributed by atoms with van der Waals surface area (Å²) in [5.41, 5.74) is 5.94. The molecule has 0 aliphatic carbocycles. The number of carbonyl (C=O) groups is 2. The first-order valence-electron chi connectivity index (χ1n) is 7.60. The Balaban J connectivity index is 1.83. The van der Waals surface area contributed by atoms with E-state index in [0.29, 0.717) is 17.9 Å². The number of methoxy groups -OCH3 is 1. The van der Waals surface area contributed by atoms with Gasteiger partial charge < -0.3 is 9.47 Å². The fourth-order valence-electron chi connectivity index (χ4n) is 1.98. The molecule has 0 aromatic heterocycles. The molecule has 7 heteroatoms. The van der Waals surface area contributed by atoms with Gasteiger partial charge in [0.1, 0.15) is 11.6 Å². The van der Waals surface area contributed by atoms with Crippen LogP contribution in [-0.4, -0.2) is 25.0 Å². The Bertz CT molecular complexity index is 717. The van der Waals surface area contributed by atoms with E-state index in [9.17, 15) is 14.0 Å². The molecule has 0 saturated carbocycles. The highest BCUT2D eigenvalue weighted by atomic mass is 19.1. The van der Waals surface area contributed by atoms with Crippen molar-refractivity contribution in [3.8, 4) is 5.75 Å². The van der Waals surface area contributed by atoms with Crippen LogP contribution >= 0.6 is 0 Å². The molecular formula is C18H19FN2O4. The molecule has 2 aromatic rings. The Morgan fingerprint density at radius 3 is 2.28 bits per heavy atom. The lowest BCUT2D eigenvalue weighted by Crippen LogP contribution is -2.47. The molecule has 2 rings (SSSR count). The molecule has 25 heavy (non-hydrogen) atoms. The second-order valence-corrected chi connectivity index (χ2v) is 5.29.